The first-order valence-corrected chi connectivity index (χ1v) is 16.0. The molecule has 0 amide bonds. The summed E-state index contributed by atoms with van der Waals surface area (Å²) in [6, 6.07) is 21.6. The van der Waals surface area contributed by atoms with Gasteiger partial charge in [0.15, 0.2) is 0 Å². The lowest BCUT2D eigenvalue weighted by Crippen LogP contribution is -2.29. The highest BCUT2D eigenvalue weighted by molar-refractivity contribution is 6.08. The number of aromatic nitrogens is 1. The van der Waals surface area contributed by atoms with Crippen molar-refractivity contribution < 1.29 is 13.5 Å². The van der Waals surface area contributed by atoms with Crippen LogP contribution in [0.3, 0.4) is 0 Å². The zero-order valence-electron chi connectivity index (χ0n) is 25.4. The van der Waals surface area contributed by atoms with E-state index in [0.717, 1.165) is 63.5 Å². The molecular weight excluding hydrogens is 552 g/mol. The Hall–Kier alpha value is -3.90. The molecule has 6 rings (SSSR count). The van der Waals surface area contributed by atoms with E-state index < -0.39 is 11.6 Å². The minimum absolute atomic E-state index is 0.155. The summed E-state index contributed by atoms with van der Waals surface area (Å²) >= 11 is 0. The van der Waals surface area contributed by atoms with Crippen molar-refractivity contribution in [3.05, 3.63) is 107 Å². The van der Waals surface area contributed by atoms with Crippen LogP contribution < -0.4 is 5.32 Å². The van der Waals surface area contributed by atoms with Gasteiger partial charge in [0.25, 0.3) is 0 Å². The van der Waals surface area contributed by atoms with Crippen LogP contribution in [0.25, 0.3) is 27.6 Å². The van der Waals surface area contributed by atoms with Gasteiger partial charge in [-0.15, -0.1) is 0 Å². The van der Waals surface area contributed by atoms with Crippen molar-refractivity contribution in [2.24, 2.45) is 5.92 Å². The van der Waals surface area contributed by atoms with E-state index in [4.69, 9.17) is 15.1 Å². The number of nitrogens with zero attached hydrogens (tertiary/aromatic N) is 1. The first-order chi connectivity index (χ1) is 21.5. The molecule has 2 N–H and O–H groups in total. The normalized spacial score (nSPS) is 19.7. The molecule has 6 heteroatoms. The number of allylic oxidation sites excluding steroid dienone is 1. The molecule has 0 spiro atoms. The van der Waals surface area contributed by atoms with Crippen LogP contribution in [0.5, 0.6) is 0 Å². The van der Waals surface area contributed by atoms with E-state index in [2.05, 4.69) is 36.5 Å². The van der Waals surface area contributed by atoms with Gasteiger partial charge in [-0.1, -0.05) is 54.1 Å². The molecule has 4 aromatic rings. The fourth-order valence-corrected chi connectivity index (χ4v) is 6.84. The Morgan fingerprint density at radius 3 is 2.41 bits per heavy atom. The quantitative estimate of drug-likeness (QED) is 0.190. The van der Waals surface area contributed by atoms with E-state index in [1.807, 2.05) is 36.5 Å². The Morgan fingerprint density at radius 2 is 1.68 bits per heavy atom. The summed E-state index contributed by atoms with van der Waals surface area (Å²) in [5, 5.41) is 12.5. The first kappa shape index (κ1) is 30.1. The number of hydrogen-bond acceptors (Lipinski definition) is 4. The highest BCUT2D eigenvalue weighted by Crippen LogP contribution is 2.34. The lowest BCUT2D eigenvalue weighted by molar-refractivity contribution is 0.0639. The average molecular weight is 594 g/mol. The molecule has 0 unspecified atom stereocenters. The summed E-state index contributed by atoms with van der Waals surface area (Å²) in [5.74, 6) is 0.0146. The Kier molecular flexibility index (Phi) is 9.46. The summed E-state index contributed by atoms with van der Waals surface area (Å²) in [7, 11) is 0. The number of hydrogen-bond donors (Lipinski definition) is 2. The molecule has 2 aliphatic rings. The van der Waals surface area contributed by atoms with Crippen LogP contribution in [0.2, 0.25) is 0 Å². The van der Waals surface area contributed by atoms with Gasteiger partial charge in [0.05, 0.1) is 11.2 Å². The molecule has 228 valence electrons. The number of para-hydroxylation sites is 1. The monoisotopic (exact) mass is 593 g/mol. The average Bonchev–Trinajstić information content (AvgIpc) is 3.05. The van der Waals surface area contributed by atoms with Crippen LogP contribution in [0.15, 0.2) is 72.9 Å². The third-order valence-corrected chi connectivity index (χ3v) is 9.48. The topological polar surface area (TPSA) is 58.0 Å². The van der Waals surface area contributed by atoms with Gasteiger partial charge in [0, 0.05) is 53.8 Å². The van der Waals surface area contributed by atoms with E-state index in [0.29, 0.717) is 52.2 Å². The largest absolute Gasteiger partial charge is 0.388 e. The van der Waals surface area contributed by atoms with Gasteiger partial charge in [-0.05, 0) is 99.5 Å². The Balaban J connectivity index is 1.18. The highest BCUT2D eigenvalue weighted by atomic mass is 19.1. The van der Waals surface area contributed by atoms with Gasteiger partial charge in [0.2, 0.25) is 0 Å². The van der Waals surface area contributed by atoms with Gasteiger partial charge in [-0.2, -0.15) is 0 Å². The Labute approximate surface area is 259 Å². The SMILES string of the molecule is Cc1cccc(C2CCC(N/C=C(\C=N)c3ccc4cccc(-c5cc(F)c(CCC6CCOCC6)c(F)c5)c4n3)CC2)c1. The fourth-order valence-electron chi connectivity index (χ4n) is 6.84. The maximum atomic E-state index is 15.3. The van der Waals surface area contributed by atoms with Crippen molar-refractivity contribution >= 4 is 22.7 Å². The summed E-state index contributed by atoms with van der Waals surface area (Å²) in [4.78, 5) is 4.91. The van der Waals surface area contributed by atoms with Crippen molar-refractivity contribution in [2.75, 3.05) is 13.2 Å². The summed E-state index contributed by atoms with van der Waals surface area (Å²) in [5.41, 5.74) is 6.00. The molecule has 1 saturated carbocycles. The van der Waals surface area contributed by atoms with Crippen LogP contribution in [0, 0.1) is 29.9 Å². The number of fused-ring (bicyclic) bond motifs is 1. The van der Waals surface area contributed by atoms with Crippen LogP contribution in [-0.4, -0.2) is 30.5 Å². The molecule has 3 aromatic carbocycles. The number of ether oxygens (including phenoxy) is 1. The third kappa shape index (κ3) is 6.91. The molecule has 2 heterocycles. The van der Waals surface area contributed by atoms with Crippen molar-refractivity contribution in [1.82, 2.24) is 10.3 Å². The number of benzene rings is 3. The number of pyridine rings is 1. The summed E-state index contributed by atoms with van der Waals surface area (Å²) in [6.45, 7) is 3.60. The van der Waals surface area contributed by atoms with Gasteiger partial charge < -0.3 is 15.5 Å². The van der Waals surface area contributed by atoms with E-state index in [1.165, 1.54) is 29.5 Å². The zero-order chi connectivity index (χ0) is 30.5. The maximum absolute atomic E-state index is 15.3. The van der Waals surface area contributed by atoms with E-state index >= 15 is 8.78 Å². The highest BCUT2D eigenvalue weighted by Gasteiger charge is 2.22. The van der Waals surface area contributed by atoms with Crippen molar-refractivity contribution in [3.8, 4) is 11.1 Å². The third-order valence-electron chi connectivity index (χ3n) is 9.48. The van der Waals surface area contributed by atoms with Crippen LogP contribution in [-0.2, 0) is 11.2 Å². The number of halogens is 2. The smallest absolute Gasteiger partial charge is 0.129 e. The minimum Gasteiger partial charge on any atom is -0.388 e. The standard InChI is InChI=1S/C38H41F2N3O/c1-25-4-2-6-29(20-25)27-9-12-32(13-10-27)42-24-31(23-41)37-15-11-28-5-3-7-33(38(28)43-37)30-21-35(39)34(36(40)22-30)14-8-26-16-18-44-19-17-26/h2-7,11,15,20-24,26-27,32,41-42H,8-10,12-14,16-19H2,1H3/b31-24+,41-23?. The molecule has 0 atom stereocenters. The number of rotatable bonds is 9. The van der Waals surface area contributed by atoms with E-state index in [9.17, 15) is 0 Å². The Morgan fingerprint density at radius 1 is 0.932 bits per heavy atom. The first-order valence-electron chi connectivity index (χ1n) is 16.0. The second-order valence-electron chi connectivity index (χ2n) is 12.5. The van der Waals surface area contributed by atoms with Gasteiger partial charge >= 0.3 is 0 Å². The Bertz CT molecular complexity index is 1630. The second kappa shape index (κ2) is 13.8. The molecule has 2 fully saturated rings. The van der Waals surface area contributed by atoms with E-state index in [-0.39, 0.29) is 5.56 Å². The summed E-state index contributed by atoms with van der Waals surface area (Å²) in [6.07, 6.45) is 10.6. The molecule has 44 heavy (non-hydrogen) atoms. The lowest BCUT2D eigenvalue weighted by atomic mass is 9.81. The molecule has 0 bridgehead atoms. The minimum atomic E-state index is -0.512. The van der Waals surface area contributed by atoms with Crippen LogP contribution >= 0.6 is 0 Å². The molecule has 1 aliphatic heterocycles. The summed E-state index contributed by atoms with van der Waals surface area (Å²) < 4.78 is 36.0. The predicted octanol–water partition coefficient (Wildman–Crippen LogP) is 9.15. The molecule has 1 saturated heterocycles. The zero-order valence-corrected chi connectivity index (χ0v) is 25.4. The second-order valence-corrected chi connectivity index (χ2v) is 12.5. The number of nitrogens with one attached hydrogen (secondary N) is 2. The van der Waals surface area contributed by atoms with Crippen molar-refractivity contribution in [3.63, 3.8) is 0 Å². The van der Waals surface area contributed by atoms with Crippen LogP contribution in [0.1, 0.15) is 73.2 Å². The molecule has 4 nitrogen and oxygen atoms in total. The maximum Gasteiger partial charge on any atom is 0.129 e. The molecule has 0 radical (unpaired) electrons. The van der Waals surface area contributed by atoms with E-state index in [1.54, 1.807) is 0 Å². The fraction of sp³-hybridized carbons (Fsp3) is 0.368. The molecule has 1 aromatic heterocycles. The lowest BCUT2D eigenvalue weighted by Gasteiger charge is -2.29. The van der Waals surface area contributed by atoms with Gasteiger partial charge in [-0.25, -0.2) is 13.8 Å². The predicted molar refractivity (Wildman–Crippen MR) is 175 cm³/mol. The van der Waals surface area contributed by atoms with Gasteiger partial charge in [0.1, 0.15) is 11.6 Å². The number of aryl methyl sites for hydroxylation is 1. The molecular formula is C38H41F2N3O. The van der Waals surface area contributed by atoms with Crippen molar-refractivity contribution in [1.29, 1.82) is 5.41 Å². The van der Waals surface area contributed by atoms with Gasteiger partial charge in [-0.3, -0.25) is 0 Å². The van der Waals surface area contributed by atoms with Crippen LogP contribution in [0.4, 0.5) is 8.78 Å². The van der Waals surface area contributed by atoms with Crippen molar-refractivity contribution in [2.45, 2.75) is 70.3 Å². The molecule has 1 aliphatic carbocycles.